The van der Waals surface area contributed by atoms with Crippen molar-refractivity contribution < 1.29 is 75.8 Å². The number of unbranched alkanes of at least 4 members (excludes halogenated alkanes) is 34. The molecule has 0 bridgehead atoms. The van der Waals surface area contributed by atoms with Crippen molar-refractivity contribution in [2.75, 3.05) is 39.6 Å². The summed E-state index contributed by atoms with van der Waals surface area (Å²) in [7, 11) is -9.78. The summed E-state index contributed by atoms with van der Waals surface area (Å²) in [6, 6.07) is 0. The van der Waals surface area contributed by atoms with Gasteiger partial charge in [-0.2, -0.15) is 0 Å². The summed E-state index contributed by atoms with van der Waals surface area (Å²) < 4.78 is 61.1. The number of phosphoric acid groups is 2. The zero-order chi connectivity index (χ0) is 75.2. The number of hydrogen-bond donors (Lipinski definition) is 4. The number of hydrogen-bond acceptors (Lipinski definition) is 14. The molecule has 4 N–H and O–H groups in total. The van der Waals surface area contributed by atoms with Gasteiger partial charge < -0.3 is 34.2 Å². The molecule has 0 aromatic carbocycles. The standard InChI is InChI=1S/C85H148O16P2/c1-4-7-10-13-16-19-22-24-26-28-30-32-34-36-37-38-39-40-41-43-45-46-48-50-52-54-57-59-62-65-68-71-83(88)95-74-80(86)75-97-102(91,92)98-76-81(87)77-99-103(93,94)100-79-82(101-85(90)73-70-67-64-61-56-21-18-15-12-9-6-3)78-96-84(89)72-69-66-63-60-58-55-53-51-49-47-44-42-35-33-31-29-27-25-23-20-17-14-11-8-5-2/h7-8,10-11,16-17,19-20,24-27,30-33,36-37,42,44,80-82,86-87H,4-6,9,12-15,18,21-23,28-29,34-35,38-41,43,45-79H2,1-3H3,(H,91,92)(H,93,94)/b10-7-,11-8-,19-16-,20-17-,26-24-,27-25-,32-30-,33-31-,37-36-,44-42-. The SMILES string of the molecule is CC/C=C\C/C=C\C/C=C\C/C=C\C/C=C\CCCCCCCCCCCCCCCCCC(=O)OCC(O)COP(=O)(O)OCC(O)COP(=O)(O)OCC(COC(=O)CCCCCCCCCCC/C=C\C/C=C\C/C=C\C/C=C\C/C=C\CC)OC(=O)CCCCCCCCCCCCC. The van der Waals surface area contributed by atoms with E-state index in [1.54, 1.807) is 0 Å². The number of carbonyl (C=O) groups is 3. The van der Waals surface area contributed by atoms with E-state index in [4.69, 9.17) is 32.3 Å². The van der Waals surface area contributed by atoms with Crippen LogP contribution in [0.5, 0.6) is 0 Å². The topological polar surface area (TPSA) is 231 Å². The zero-order valence-corrected chi connectivity index (χ0v) is 66.7. The van der Waals surface area contributed by atoms with Crippen molar-refractivity contribution in [1.82, 2.24) is 0 Å². The average Bonchev–Trinajstić information content (AvgIpc) is 0.914. The number of aliphatic hydroxyl groups is 2. The van der Waals surface area contributed by atoms with E-state index in [2.05, 4.69) is 142 Å². The van der Waals surface area contributed by atoms with Crippen molar-refractivity contribution in [1.29, 1.82) is 0 Å². The maximum Gasteiger partial charge on any atom is 0.472 e. The summed E-state index contributed by atoms with van der Waals surface area (Å²) in [5.41, 5.74) is 0. The van der Waals surface area contributed by atoms with Crippen molar-refractivity contribution in [2.45, 2.75) is 360 Å². The third kappa shape index (κ3) is 78.8. The highest BCUT2D eigenvalue weighted by Crippen LogP contribution is 2.45. The van der Waals surface area contributed by atoms with E-state index in [1.807, 2.05) is 0 Å². The molecule has 0 aliphatic carbocycles. The Bertz CT molecular complexity index is 2360. The highest BCUT2D eigenvalue weighted by molar-refractivity contribution is 7.47. The molecule has 18 heteroatoms. The highest BCUT2D eigenvalue weighted by atomic mass is 31.2. The minimum Gasteiger partial charge on any atom is -0.463 e. The molecule has 0 heterocycles. The van der Waals surface area contributed by atoms with Crippen LogP contribution >= 0.6 is 15.6 Å². The molecule has 5 unspecified atom stereocenters. The van der Waals surface area contributed by atoms with E-state index in [1.165, 1.54) is 141 Å². The van der Waals surface area contributed by atoms with Gasteiger partial charge in [0.05, 0.1) is 26.4 Å². The number of ether oxygens (including phenoxy) is 3. The van der Waals surface area contributed by atoms with Gasteiger partial charge in [-0.25, -0.2) is 9.13 Å². The van der Waals surface area contributed by atoms with Crippen LogP contribution in [-0.2, 0) is 55.8 Å². The highest BCUT2D eigenvalue weighted by Gasteiger charge is 2.29. The Morgan fingerprint density at radius 2 is 0.515 bits per heavy atom. The van der Waals surface area contributed by atoms with E-state index in [-0.39, 0.29) is 19.3 Å². The lowest BCUT2D eigenvalue weighted by Crippen LogP contribution is -2.30. The molecule has 5 atom stereocenters. The Hall–Kier alpha value is -4.05. The van der Waals surface area contributed by atoms with Gasteiger partial charge in [-0.1, -0.05) is 335 Å². The van der Waals surface area contributed by atoms with Gasteiger partial charge in [-0.15, -0.1) is 0 Å². The Morgan fingerprint density at radius 1 is 0.282 bits per heavy atom. The van der Waals surface area contributed by atoms with Gasteiger partial charge in [0, 0.05) is 19.3 Å². The molecule has 0 radical (unpaired) electrons. The van der Waals surface area contributed by atoms with Crippen LogP contribution in [-0.4, -0.2) is 95.9 Å². The normalized spacial score (nSPS) is 14.6. The number of phosphoric ester groups is 2. The van der Waals surface area contributed by atoms with Gasteiger partial charge in [0.1, 0.15) is 25.4 Å². The largest absolute Gasteiger partial charge is 0.472 e. The summed E-state index contributed by atoms with van der Waals surface area (Å²) in [6.45, 7) is 2.47. The molecule has 0 aromatic rings. The molecule has 0 aromatic heterocycles. The molecule has 0 spiro atoms. The smallest absolute Gasteiger partial charge is 0.463 e. The average molecular weight is 1490 g/mol. The third-order valence-electron chi connectivity index (χ3n) is 17.2. The van der Waals surface area contributed by atoms with Crippen LogP contribution in [0.15, 0.2) is 122 Å². The van der Waals surface area contributed by atoms with E-state index in [0.717, 1.165) is 141 Å². The first-order chi connectivity index (χ1) is 50.2. The van der Waals surface area contributed by atoms with Crippen LogP contribution in [0.1, 0.15) is 342 Å². The van der Waals surface area contributed by atoms with Crippen LogP contribution in [0.2, 0.25) is 0 Å². The van der Waals surface area contributed by atoms with Crippen molar-refractivity contribution >= 4 is 33.6 Å². The Balaban J connectivity index is 4.40. The van der Waals surface area contributed by atoms with Crippen LogP contribution in [0, 0.1) is 0 Å². The first kappa shape index (κ1) is 98.9. The zero-order valence-electron chi connectivity index (χ0n) is 65.0. The first-order valence-electron chi connectivity index (χ1n) is 40.8. The van der Waals surface area contributed by atoms with E-state index < -0.39 is 91.5 Å². The molecule has 594 valence electrons. The Kier molecular flexibility index (Phi) is 74.5. The van der Waals surface area contributed by atoms with Crippen molar-refractivity contribution in [2.24, 2.45) is 0 Å². The van der Waals surface area contributed by atoms with Crippen LogP contribution in [0.4, 0.5) is 0 Å². The monoisotopic (exact) mass is 1490 g/mol. The number of rotatable bonds is 77. The first-order valence-corrected chi connectivity index (χ1v) is 43.8. The summed E-state index contributed by atoms with van der Waals surface area (Å²) in [5, 5.41) is 20.6. The van der Waals surface area contributed by atoms with Gasteiger partial charge in [-0.3, -0.25) is 32.5 Å². The lowest BCUT2D eigenvalue weighted by molar-refractivity contribution is -0.161. The molecule has 0 saturated carbocycles. The fourth-order valence-electron chi connectivity index (χ4n) is 11.0. The molecular formula is C85H148O16P2. The molecule has 103 heavy (non-hydrogen) atoms. The number of carbonyl (C=O) groups excluding carboxylic acids is 3. The van der Waals surface area contributed by atoms with E-state index in [9.17, 15) is 43.5 Å². The predicted molar refractivity (Wildman–Crippen MR) is 427 cm³/mol. The summed E-state index contributed by atoms with van der Waals surface area (Å²) >= 11 is 0. The number of allylic oxidation sites excluding steroid dienone is 20. The van der Waals surface area contributed by atoms with Crippen LogP contribution in [0.25, 0.3) is 0 Å². The summed E-state index contributed by atoms with van der Waals surface area (Å²) in [6.07, 6.45) is 92.6. The fourth-order valence-corrected chi connectivity index (χ4v) is 12.6. The molecule has 0 aliphatic heterocycles. The maximum absolute atomic E-state index is 12.9. The van der Waals surface area contributed by atoms with Crippen molar-refractivity contribution in [3.8, 4) is 0 Å². The quantitative estimate of drug-likeness (QED) is 0.0146. The second kappa shape index (κ2) is 77.6. The minimum absolute atomic E-state index is 0.105. The van der Waals surface area contributed by atoms with E-state index in [0.29, 0.717) is 19.3 Å². The van der Waals surface area contributed by atoms with Gasteiger partial charge in [-0.05, 0) is 109 Å². The van der Waals surface area contributed by atoms with Crippen molar-refractivity contribution in [3.63, 3.8) is 0 Å². The van der Waals surface area contributed by atoms with Gasteiger partial charge in [0.25, 0.3) is 0 Å². The van der Waals surface area contributed by atoms with Gasteiger partial charge in [0.15, 0.2) is 6.10 Å². The Morgan fingerprint density at radius 3 is 0.816 bits per heavy atom. The van der Waals surface area contributed by atoms with Crippen LogP contribution < -0.4 is 0 Å². The second-order valence-corrected chi connectivity index (χ2v) is 30.1. The van der Waals surface area contributed by atoms with Crippen molar-refractivity contribution in [3.05, 3.63) is 122 Å². The molecular weight excluding hydrogens is 1340 g/mol. The summed E-state index contributed by atoms with van der Waals surface area (Å²) in [5.74, 6) is -1.57. The fraction of sp³-hybridized carbons (Fsp3) is 0.729. The maximum atomic E-state index is 12.9. The molecule has 0 saturated heterocycles. The number of aliphatic hydroxyl groups excluding tert-OH is 2. The van der Waals surface area contributed by atoms with Gasteiger partial charge >= 0.3 is 33.6 Å². The Labute approximate surface area is 627 Å². The molecule has 0 aliphatic rings. The van der Waals surface area contributed by atoms with Crippen LogP contribution in [0.3, 0.4) is 0 Å². The molecule has 16 nitrogen and oxygen atoms in total. The second-order valence-electron chi connectivity index (χ2n) is 27.2. The molecule has 0 rings (SSSR count). The minimum atomic E-state index is -4.93. The molecule has 0 amide bonds. The molecule has 0 fully saturated rings. The van der Waals surface area contributed by atoms with E-state index >= 15 is 0 Å². The lowest BCUT2D eigenvalue weighted by atomic mass is 10.0. The lowest BCUT2D eigenvalue weighted by Gasteiger charge is -2.21. The van der Waals surface area contributed by atoms with Gasteiger partial charge in [0.2, 0.25) is 0 Å². The predicted octanol–water partition coefficient (Wildman–Crippen LogP) is 24.1. The third-order valence-corrected chi connectivity index (χ3v) is 19.1. The summed E-state index contributed by atoms with van der Waals surface area (Å²) in [4.78, 5) is 58.6. The number of esters is 3.